The van der Waals surface area contributed by atoms with E-state index >= 15 is 0 Å². The molecule has 0 saturated carbocycles. The van der Waals surface area contributed by atoms with Crippen LogP contribution in [0.4, 0.5) is 0 Å². The van der Waals surface area contributed by atoms with E-state index in [0.29, 0.717) is 12.3 Å². The van der Waals surface area contributed by atoms with Crippen LogP contribution in [0.2, 0.25) is 0 Å². The monoisotopic (exact) mass is 364 g/mol. The third-order valence-corrected chi connectivity index (χ3v) is 5.29. The van der Waals surface area contributed by atoms with E-state index < -0.39 is 12.0 Å². The van der Waals surface area contributed by atoms with Gasteiger partial charge in [-0.2, -0.15) is 11.8 Å². The maximum absolute atomic E-state index is 12.8. The van der Waals surface area contributed by atoms with Crippen LogP contribution in [0, 0.1) is 6.92 Å². The molecule has 7 heteroatoms. The van der Waals surface area contributed by atoms with E-state index in [-0.39, 0.29) is 30.7 Å². The van der Waals surface area contributed by atoms with Crippen molar-refractivity contribution in [2.45, 2.75) is 38.8 Å². The molecular weight excluding hydrogens is 340 g/mol. The lowest BCUT2D eigenvalue weighted by Gasteiger charge is -2.35. The summed E-state index contributed by atoms with van der Waals surface area (Å²) in [5, 5.41) is 11.9. The zero-order valence-electron chi connectivity index (χ0n) is 14.5. The van der Waals surface area contributed by atoms with Gasteiger partial charge in [-0.1, -0.05) is 29.8 Å². The van der Waals surface area contributed by atoms with Crippen LogP contribution >= 0.6 is 11.8 Å². The van der Waals surface area contributed by atoms with Gasteiger partial charge >= 0.3 is 5.97 Å². The molecule has 2 amide bonds. The van der Waals surface area contributed by atoms with E-state index in [2.05, 4.69) is 5.32 Å². The fraction of sp³-hybridized carbons (Fsp3) is 0.500. The molecule has 0 spiro atoms. The Bertz CT molecular complexity index is 632. The smallest absolute Gasteiger partial charge is 0.305 e. The van der Waals surface area contributed by atoms with Crippen LogP contribution in [0.5, 0.6) is 0 Å². The SMILES string of the molecule is CC(=O)NC(CC(=O)N1CCSCC1CC(=O)O)c1ccc(C)cc1. The van der Waals surface area contributed by atoms with E-state index in [1.165, 1.54) is 6.92 Å². The average Bonchev–Trinajstić information content (AvgIpc) is 2.54. The molecule has 1 aliphatic rings. The number of aryl methyl sites for hydroxylation is 1. The zero-order valence-corrected chi connectivity index (χ0v) is 15.3. The maximum atomic E-state index is 12.8. The molecule has 136 valence electrons. The lowest BCUT2D eigenvalue weighted by molar-refractivity contribution is -0.140. The van der Waals surface area contributed by atoms with Crippen molar-refractivity contribution in [3.8, 4) is 0 Å². The number of nitrogens with zero attached hydrogens (tertiary/aromatic N) is 1. The summed E-state index contributed by atoms with van der Waals surface area (Å²) < 4.78 is 0. The number of nitrogens with one attached hydrogen (secondary N) is 1. The molecule has 0 aliphatic carbocycles. The molecule has 1 heterocycles. The van der Waals surface area contributed by atoms with Gasteiger partial charge in [0.2, 0.25) is 11.8 Å². The van der Waals surface area contributed by atoms with Crippen LogP contribution in [0.15, 0.2) is 24.3 Å². The molecule has 0 aromatic heterocycles. The number of amides is 2. The highest BCUT2D eigenvalue weighted by Gasteiger charge is 2.30. The molecular formula is C18H24N2O4S. The molecule has 1 fully saturated rings. The molecule has 2 N–H and O–H groups in total. The summed E-state index contributed by atoms with van der Waals surface area (Å²) >= 11 is 1.67. The second-order valence-corrected chi connectivity index (χ2v) is 7.43. The third kappa shape index (κ3) is 5.77. The first-order valence-electron chi connectivity index (χ1n) is 8.29. The van der Waals surface area contributed by atoms with E-state index in [1.54, 1.807) is 16.7 Å². The number of rotatable bonds is 6. The highest BCUT2D eigenvalue weighted by molar-refractivity contribution is 7.99. The Hall–Kier alpha value is -2.02. The minimum atomic E-state index is -0.901. The number of aliphatic carboxylic acids is 1. The maximum Gasteiger partial charge on any atom is 0.305 e. The minimum Gasteiger partial charge on any atom is -0.481 e. The van der Waals surface area contributed by atoms with Crippen LogP contribution in [0.3, 0.4) is 0 Å². The van der Waals surface area contributed by atoms with Crippen LogP contribution < -0.4 is 5.32 Å². The van der Waals surface area contributed by atoms with Crippen LogP contribution in [-0.4, -0.2) is 51.9 Å². The van der Waals surface area contributed by atoms with Gasteiger partial charge in [-0.3, -0.25) is 14.4 Å². The normalized spacial score (nSPS) is 18.5. The number of carboxylic acid groups (broad SMARTS) is 1. The van der Waals surface area contributed by atoms with Crippen molar-refractivity contribution in [1.29, 1.82) is 0 Å². The molecule has 1 aromatic rings. The average molecular weight is 364 g/mol. The largest absolute Gasteiger partial charge is 0.481 e. The number of carboxylic acids is 1. The summed E-state index contributed by atoms with van der Waals surface area (Å²) in [7, 11) is 0. The first-order valence-corrected chi connectivity index (χ1v) is 9.45. The fourth-order valence-electron chi connectivity index (χ4n) is 2.94. The van der Waals surface area contributed by atoms with Crippen molar-refractivity contribution < 1.29 is 19.5 Å². The highest BCUT2D eigenvalue weighted by Crippen LogP contribution is 2.24. The summed E-state index contributed by atoms with van der Waals surface area (Å²) in [5.41, 5.74) is 1.97. The zero-order chi connectivity index (χ0) is 18.4. The molecule has 2 atom stereocenters. The second-order valence-electron chi connectivity index (χ2n) is 6.28. The number of carbonyl (C=O) groups is 3. The molecule has 1 saturated heterocycles. The van der Waals surface area contributed by atoms with Gasteiger partial charge in [0.1, 0.15) is 0 Å². The Kier molecular flexibility index (Phi) is 6.87. The van der Waals surface area contributed by atoms with Crippen molar-refractivity contribution in [2.75, 3.05) is 18.1 Å². The van der Waals surface area contributed by atoms with Gasteiger partial charge in [0.15, 0.2) is 0 Å². The van der Waals surface area contributed by atoms with Gasteiger partial charge < -0.3 is 15.3 Å². The summed E-state index contributed by atoms with van der Waals surface area (Å²) in [4.78, 5) is 37.1. The van der Waals surface area contributed by atoms with Gasteiger partial charge in [-0.15, -0.1) is 0 Å². The number of hydrogen-bond donors (Lipinski definition) is 2. The van der Waals surface area contributed by atoms with E-state index in [1.807, 2.05) is 31.2 Å². The van der Waals surface area contributed by atoms with Crippen molar-refractivity contribution in [1.82, 2.24) is 10.2 Å². The van der Waals surface area contributed by atoms with E-state index in [0.717, 1.165) is 16.9 Å². The van der Waals surface area contributed by atoms with Gasteiger partial charge in [0.25, 0.3) is 0 Å². The number of thioether (sulfide) groups is 1. The summed E-state index contributed by atoms with van der Waals surface area (Å²) in [6.07, 6.45) is 0.0809. The Balaban J connectivity index is 2.13. The number of carbonyl (C=O) groups excluding carboxylic acids is 2. The lowest BCUT2D eigenvalue weighted by atomic mass is 10.0. The Morgan fingerprint density at radius 1 is 1.32 bits per heavy atom. The minimum absolute atomic E-state index is 0.0475. The van der Waals surface area contributed by atoms with Crippen molar-refractivity contribution in [2.24, 2.45) is 0 Å². The van der Waals surface area contributed by atoms with Crippen molar-refractivity contribution in [3.05, 3.63) is 35.4 Å². The Morgan fingerprint density at radius 3 is 2.60 bits per heavy atom. The van der Waals surface area contributed by atoms with Crippen LogP contribution in [-0.2, 0) is 14.4 Å². The molecule has 1 aliphatic heterocycles. The van der Waals surface area contributed by atoms with E-state index in [9.17, 15) is 14.4 Å². The van der Waals surface area contributed by atoms with Gasteiger partial charge in [-0.05, 0) is 12.5 Å². The first-order chi connectivity index (χ1) is 11.9. The molecule has 2 rings (SSSR count). The topological polar surface area (TPSA) is 86.7 Å². The summed E-state index contributed by atoms with van der Waals surface area (Å²) in [6.45, 7) is 3.95. The molecule has 0 bridgehead atoms. The van der Waals surface area contributed by atoms with Crippen molar-refractivity contribution in [3.63, 3.8) is 0 Å². The summed E-state index contributed by atoms with van der Waals surface area (Å²) in [6, 6.07) is 7.00. The van der Waals surface area contributed by atoms with Gasteiger partial charge in [-0.25, -0.2) is 0 Å². The molecule has 25 heavy (non-hydrogen) atoms. The molecule has 6 nitrogen and oxygen atoms in total. The third-order valence-electron chi connectivity index (χ3n) is 4.19. The number of benzene rings is 1. The fourth-order valence-corrected chi connectivity index (χ4v) is 4.00. The van der Waals surface area contributed by atoms with Crippen LogP contribution in [0.1, 0.15) is 36.9 Å². The lowest BCUT2D eigenvalue weighted by Crippen LogP contribution is -2.48. The van der Waals surface area contributed by atoms with Crippen LogP contribution in [0.25, 0.3) is 0 Å². The second kappa shape index (κ2) is 8.89. The molecule has 1 aromatic carbocycles. The highest BCUT2D eigenvalue weighted by atomic mass is 32.2. The predicted octanol–water partition coefficient (Wildman–Crippen LogP) is 1.98. The molecule has 2 unspecified atom stereocenters. The standard InChI is InChI=1S/C18H24N2O4S/c1-12-3-5-14(6-4-12)16(19-13(2)21)10-17(22)20-7-8-25-11-15(20)9-18(23)24/h3-6,15-16H,7-11H2,1-2H3,(H,19,21)(H,23,24). The van der Waals surface area contributed by atoms with Crippen molar-refractivity contribution >= 4 is 29.5 Å². The van der Waals surface area contributed by atoms with E-state index in [4.69, 9.17) is 5.11 Å². The van der Waals surface area contributed by atoms with Gasteiger partial charge in [0, 0.05) is 25.0 Å². The summed E-state index contributed by atoms with van der Waals surface area (Å²) in [5.74, 6) is 0.215. The quantitative estimate of drug-likeness (QED) is 0.806. The molecule has 0 radical (unpaired) electrons. The number of hydrogen-bond acceptors (Lipinski definition) is 4. The Labute approximate surface area is 152 Å². The predicted molar refractivity (Wildman–Crippen MR) is 97.4 cm³/mol. The first kappa shape index (κ1) is 19.3. The van der Waals surface area contributed by atoms with Gasteiger partial charge in [0.05, 0.1) is 24.9 Å². The Morgan fingerprint density at radius 2 is 2.00 bits per heavy atom.